The third-order valence-corrected chi connectivity index (χ3v) is 4.89. The van der Waals surface area contributed by atoms with E-state index in [0.29, 0.717) is 12.4 Å². The number of aryl methyl sites for hydroxylation is 1. The Morgan fingerprint density at radius 1 is 1.56 bits per heavy atom. The second-order valence-corrected chi connectivity index (χ2v) is 5.52. The molecule has 0 aromatic carbocycles. The van der Waals surface area contributed by atoms with Crippen LogP contribution in [-0.2, 0) is 7.05 Å². The van der Waals surface area contributed by atoms with Crippen LogP contribution in [-0.4, -0.2) is 32.3 Å². The lowest BCUT2D eigenvalue weighted by Crippen LogP contribution is -2.32. The molecule has 0 aliphatic carbocycles. The van der Waals surface area contributed by atoms with Crippen molar-refractivity contribution in [2.24, 2.45) is 7.05 Å². The maximum Gasteiger partial charge on any atom is 0.330 e. The van der Waals surface area contributed by atoms with Gasteiger partial charge in [0.25, 0.3) is 0 Å². The fourth-order valence-corrected chi connectivity index (χ4v) is 2.63. The van der Waals surface area contributed by atoms with Crippen molar-refractivity contribution in [1.82, 2.24) is 9.78 Å². The zero-order chi connectivity index (χ0) is 13.8. The molecular formula is C11H20N4O2S. The Morgan fingerprint density at radius 3 is 2.61 bits per heavy atom. The summed E-state index contributed by atoms with van der Waals surface area (Å²) >= 11 is 1.79. The van der Waals surface area contributed by atoms with Gasteiger partial charge in [-0.3, -0.25) is 14.8 Å². The second kappa shape index (κ2) is 6.08. The van der Waals surface area contributed by atoms with Gasteiger partial charge < -0.3 is 5.32 Å². The minimum absolute atomic E-state index is 0.0275. The Labute approximate surface area is 111 Å². The normalized spacial score (nSPS) is 11.6. The van der Waals surface area contributed by atoms with Crippen LogP contribution in [0.5, 0.6) is 0 Å². The molecule has 0 fully saturated rings. The van der Waals surface area contributed by atoms with Gasteiger partial charge in [-0.15, -0.1) is 5.10 Å². The maximum atomic E-state index is 10.9. The highest BCUT2D eigenvalue weighted by Gasteiger charge is 2.27. The molecule has 0 bridgehead atoms. The Morgan fingerprint density at radius 2 is 2.17 bits per heavy atom. The topological polar surface area (TPSA) is 73.0 Å². The van der Waals surface area contributed by atoms with Crippen LogP contribution >= 0.6 is 11.8 Å². The molecule has 0 aliphatic heterocycles. The van der Waals surface area contributed by atoms with E-state index in [0.717, 1.165) is 12.8 Å². The van der Waals surface area contributed by atoms with Crippen LogP contribution in [0.4, 0.5) is 11.5 Å². The highest BCUT2D eigenvalue weighted by Crippen LogP contribution is 2.31. The van der Waals surface area contributed by atoms with Crippen molar-refractivity contribution in [3.05, 3.63) is 16.3 Å². The zero-order valence-electron chi connectivity index (χ0n) is 11.3. The van der Waals surface area contributed by atoms with Gasteiger partial charge in [0.15, 0.2) is 0 Å². The number of hydrogen-bond donors (Lipinski definition) is 1. The molecule has 0 unspecified atom stereocenters. The van der Waals surface area contributed by atoms with E-state index >= 15 is 0 Å². The van der Waals surface area contributed by atoms with Gasteiger partial charge in [0.05, 0.1) is 4.92 Å². The molecule has 0 atom stereocenters. The minimum atomic E-state index is -0.409. The summed E-state index contributed by atoms with van der Waals surface area (Å²) in [5.41, 5.74) is 0.0275. The maximum absolute atomic E-state index is 10.9. The summed E-state index contributed by atoms with van der Waals surface area (Å²) in [5.74, 6) is 0.350. The van der Waals surface area contributed by atoms with Crippen molar-refractivity contribution in [2.75, 3.05) is 18.1 Å². The number of nitro groups is 1. The summed E-state index contributed by atoms with van der Waals surface area (Å²) in [7, 11) is 1.68. The van der Waals surface area contributed by atoms with Crippen molar-refractivity contribution in [2.45, 2.75) is 31.4 Å². The largest absolute Gasteiger partial charge is 0.361 e. The van der Waals surface area contributed by atoms with Crippen molar-refractivity contribution >= 4 is 23.3 Å². The van der Waals surface area contributed by atoms with Crippen molar-refractivity contribution in [3.63, 3.8) is 0 Å². The Hall–Kier alpha value is -1.24. The number of rotatable bonds is 7. The third kappa shape index (κ3) is 3.16. The number of thioether (sulfide) groups is 1. The van der Waals surface area contributed by atoms with Crippen LogP contribution in [0.25, 0.3) is 0 Å². The second-order valence-electron chi connectivity index (χ2n) is 4.24. The van der Waals surface area contributed by atoms with E-state index in [1.54, 1.807) is 18.8 Å². The highest BCUT2D eigenvalue weighted by atomic mass is 32.2. The number of nitrogens with one attached hydrogen (secondary N) is 1. The smallest absolute Gasteiger partial charge is 0.330 e. The molecule has 0 aliphatic rings. The summed E-state index contributed by atoms with van der Waals surface area (Å²) in [6, 6.07) is 0. The van der Waals surface area contributed by atoms with Crippen LogP contribution in [0.2, 0.25) is 0 Å². The average molecular weight is 272 g/mol. The van der Waals surface area contributed by atoms with Gasteiger partial charge in [-0.2, -0.15) is 11.8 Å². The van der Waals surface area contributed by atoms with Gasteiger partial charge in [-0.1, -0.05) is 13.8 Å². The predicted octanol–water partition coefficient (Wildman–Crippen LogP) is 2.66. The van der Waals surface area contributed by atoms with Crippen LogP contribution in [0.3, 0.4) is 0 Å². The lowest BCUT2D eigenvalue weighted by molar-refractivity contribution is -0.384. The van der Waals surface area contributed by atoms with Gasteiger partial charge in [0.2, 0.25) is 5.82 Å². The van der Waals surface area contributed by atoms with E-state index in [9.17, 15) is 10.1 Å². The average Bonchev–Trinajstić information content (AvgIpc) is 2.73. The molecule has 0 amide bonds. The summed E-state index contributed by atoms with van der Waals surface area (Å²) < 4.78 is 1.56. The minimum Gasteiger partial charge on any atom is -0.361 e. The molecule has 0 saturated heterocycles. The number of nitrogens with zero attached hydrogens (tertiary/aromatic N) is 3. The van der Waals surface area contributed by atoms with Gasteiger partial charge in [0.1, 0.15) is 6.20 Å². The Bertz CT molecular complexity index is 407. The standard InChI is InChI=1S/C11H20N4O2S/c1-5-11(6-2,18-4)8-12-10-9(15(16)17)7-14(3)13-10/h7H,5-6,8H2,1-4H3,(H,12,13). The monoisotopic (exact) mass is 272 g/mol. The number of hydrogen-bond acceptors (Lipinski definition) is 5. The van der Waals surface area contributed by atoms with E-state index in [1.165, 1.54) is 10.9 Å². The number of aromatic nitrogens is 2. The van der Waals surface area contributed by atoms with Gasteiger partial charge in [-0.25, -0.2) is 0 Å². The number of anilines is 1. The van der Waals surface area contributed by atoms with Gasteiger partial charge >= 0.3 is 5.69 Å². The first-order valence-electron chi connectivity index (χ1n) is 5.95. The van der Waals surface area contributed by atoms with Crippen LogP contribution in [0.1, 0.15) is 26.7 Å². The van der Waals surface area contributed by atoms with E-state index in [4.69, 9.17) is 0 Å². The van der Waals surface area contributed by atoms with Crippen LogP contribution < -0.4 is 5.32 Å². The molecule has 1 aromatic heterocycles. The lowest BCUT2D eigenvalue weighted by Gasteiger charge is -2.29. The Kier molecular flexibility index (Phi) is 5.01. The molecule has 1 rings (SSSR count). The van der Waals surface area contributed by atoms with Crippen molar-refractivity contribution in [1.29, 1.82) is 0 Å². The lowest BCUT2D eigenvalue weighted by atomic mass is 10.0. The molecular weight excluding hydrogens is 252 g/mol. The summed E-state index contributed by atoms with van der Waals surface area (Å²) in [6.45, 7) is 4.95. The molecule has 1 aromatic rings. The first-order chi connectivity index (χ1) is 8.48. The van der Waals surface area contributed by atoms with Gasteiger partial charge in [-0.05, 0) is 19.1 Å². The fourth-order valence-electron chi connectivity index (χ4n) is 1.84. The third-order valence-electron chi connectivity index (χ3n) is 3.31. The quantitative estimate of drug-likeness (QED) is 0.610. The van der Waals surface area contributed by atoms with Crippen LogP contribution in [0, 0.1) is 10.1 Å². The first-order valence-corrected chi connectivity index (χ1v) is 7.17. The van der Waals surface area contributed by atoms with E-state index in [1.807, 2.05) is 0 Å². The molecule has 0 radical (unpaired) electrons. The summed E-state index contributed by atoms with van der Waals surface area (Å²) in [6.07, 6.45) is 5.51. The molecule has 0 saturated carbocycles. The van der Waals surface area contributed by atoms with E-state index in [2.05, 4.69) is 30.5 Å². The molecule has 6 nitrogen and oxygen atoms in total. The molecule has 1 N–H and O–H groups in total. The zero-order valence-corrected chi connectivity index (χ0v) is 12.1. The fraction of sp³-hybridized carbons (Fsp3) is 0.727. The summed E-state index contributed by atoms with van der Waals surface area (Å²) in [4.78, 5) is 10.5. The first kappa shape index (κ1) is 14.8. The van der Waals surface area contributed by atoms with Crippen molar-refractivity contribution < 1.29 is 4.92 Å². The van der Waals surface area contributed by atoms with E-state index in [-0.39, 0.29) is 10.4 Å². The highest BCUT2D eigenvalue weighted by molar-refractivity contribution is 8.00. The van der Waals surface area contributed by atoms with Crippen LogP contribution in [0.15, 0.2) is 6.20 Å². The molecule has 1 heterocycles. The molecule has 7 heteroatoms. The SMILES string of the molecule is CCC(CC)(CNc1nn(C)cc1[N+](=O)[O-])SC. The molecule has 0 spiro atoms. The predicted molar refractivity (Wildman–Crippen MR) is 75.2 cm³/mol. The summed E-state index contributed by atoms with van der Waals surface area (Å²) in [5, 5.41) is 18.1. The Balaban J connectivity index is 2.82. The van der Waals surface area contributed by atoms with Crippen molar-refractivity contribution in [3.8, 4) is 0 Å². The molecule has 102 valence electrons. The van der Waals surface area contributed by atoms with E-state index < -0.39 is 4.92 Å². The van der Waals surface area contributed by atoms with Gasteiger partial charge in [0, 0.05) is 18.3 Å². The molecule has 18 heavy (non-hydrogen) atoms.